The first-order valence-corrected chi connectivity index (χ1v) is 9.17. The minimum Gasteiger partial charge on any atom is -0.463 e. The third kappa shape index (κ3) is 4.43. The quantitative estimate of drug-likeness (QED) is 0.511. The molecule has 3 rings (SSSR count). The number of aromatic nitrogens is 1. The zero-order chi connectivity index (χ0) is 19.9. The topological polar surface area (TPSA) is 68.3 Å². The van der Waals surface area contributed by atoms with Crippen molar-refractivity contribution in [3.63, 3.8) is 0 Å². The second-order valence-corrected chi connectivity index (χ2v) is 6.30. The van der Waals surface area contributed by atoms with Crippen molar-refractivity contribution in [2.75, 3.05) is 11.9 Å². The average Bonchev–Trinajstić information content (AvgIpc) is 2.68. The molecule has 0 atom stereocenters. The number of hydrogen-bond acceptors (Lipinski definition) is 4. The Morgan fingerprint density at radius 3 is 2.71 bits per heavy atom. The zero-order valence-corrected chi connectivity index (χ0v) is 15.9. The van der Waals surface area contributed by atoms with Crippen LogP contribution in [0.15, 0.2) is 66.9 Å². The molecular formula is C23H22N2O3. The lowest BCUT2D eigenvalue weighted by Crippen LogP contribution is -2.16. The van der Waals surface area contributed by atoms with Gasteiger partial charge >= 0.3 is 5.97 Å². The highest BCUT2D eigenvalue weighted by Crippen LogP contribution is 2.23. The van der Waals surface area contributed by atoms with Crippen LogP contribution < -0.4 is 5.32 Å². The Labute approximate surface area is 164 Å². The number of ether oxygens (including phenoxy) is 1. The summed E-state index contributed by atoms with van der Waals surface area (Å²) in [5.74, 6) is -0.584. The molecule has 0 saturated carbocycles. The van der Waals surface area contributed by atoms with E-state index < -0.39 is 0 Å². The molecule has 1 aromatic heterocycles. The van der Waals surface area contributed by atoms with Crippen LogP contribution in [0, 0.1) is 6.92 Å². The lowest BCUT2D eigenvalue weighted by Gasteiger charge is -2.13. The number of carbonyl (C=O) groups is 2. The normalized spacial score (nSPS) is 10.9. The fraction of sp³-hybridized carbons (Fsp3) is 0.174. The first-order valence-electron chi connectivity index (χ1n) is 9.17. The zero-order valence-electron chi connectivity index (χ0n) is 15.9. The van der Waals surface area contributed by atoms with Gasteiger partial charge in [-0.1, -0.05) is 42.5 Å². The molecule has 0 unspecified atom stereocenters. The van der Waals surface area contributed by atoms with Crippen LogP contribution in [-0.2, 0) is 16.0 Å². The number of nitrogens with one attached hydrogen (secondary N) is 1. The lowest BCUT2D eigenvalue weighted by atomic mass is 9.98. The Bertz CT molecular complexity index is 1040. The second-order valence-electron chi connectivity index (χ2n) is 6.30. The molecule has 5 nitrogen and oxygen atoms in total. The van der Waals surface area contributed by atoms with Gasteiger partial charge in [0.1, 0.15) is 0 Å². The van der Waals surface area contributed by atoms with Crippen LogP contribution in [0.2, 0.25) is 0 Å². The number of anilines is 1. The first-order chi connectivity index (χ1) is 13.6. The van der Waals surface area contributed by atoms with Crippen molar-refractivity contribution in [1.29, 1.82) is 0 Å². The molecule has 0 spiro atoms. The maximum absolute atomic E-state index is 13.0. The van der Waals surface area contributed by atoms with Crippen LogP contribution in [0.1, 0.15) is 28.4 Å². The van der Waals surface area contributed by atoms with Gasteiger partial charge in [-0.3, -0.25) is 9.78 Å². The molecular weight excluding hydrogens is 352 g/mol. The Kier molecular flexibility index (Phi) is 6.17. The van der Waals surface area contributed by atoms with E-state index in [9.17, 15) is 9.59 Å². The van der Waals surface area contributed by atoms with Crippen molar-refractivity contribution in [2.45, 2.75) is 20.3 Å². The van der Waals surface area contributed by atoms with Gasteiger partial charge in [0.2, 0.25) is 0 Å². The first kappa shape index (κ1) is 19.3. The molecule has 0 aliphatic rings. The van der Waals surface area contributed by atoms with Crippen LogP contribution in [-0.4, -0.2) is 23.5 Å². The van der Waals surface area contributed by atoms with Crippen molar-refractivity contribution in [1.82, 2.24) is 4.98 Å². The standard InChI is InChI=1S/C23H22N2O3/c1-3-28-20(26)14-6-10-17-9-4-8-16(2)21(17)23(27)25-19-13-5-11-18-12-7-15-24-22(18)19/h4-9,11-15H,3,10H2,1-2H3,(H,25,27)/b14-6+. The van der Waals surface area contributed by atoms with E-state index in [0.717, 1.165) is 22.0 Å². The molecule has 0 aliphatic carbocycles. The van der Waals surface area contributed by atoms with E-state index in [1.54, 1.807) is 19.2 Å². The van der Waals surface area contributed by atoms with Crippen molar-refractivity contribution in [3.05, 3.63) is 83.6 Å². The van der Waals surface area contributed by atoms with Gasteiger partial charge in [-0.05, 0) is 43.5 Å². The molecule has 142 valence electrons. The minimum atomic E-state index is -0.386. The van der Waals surface area contributed by atoms with Crippen molar-refractivity contribution in [2.24, 2.45) is 0 Å². The summed E-state index contributed by atoms with van der Waals surface area (Å²) in [5.41, 5.74) is 3.72. The number of hydrogen-bond donors (Lipinski definition) is 1. The number of amides is 1. The molecule has 1 amide bonds. The number of nitrogens with zero attached hydrogens (tertiary/aromatic N) is 1. The fourth-order valence-electron chi connectivity index (χ4n) is 3.09. The third-order valence-corrected chi connectivity index (χ3v) is 4.35. The second kappa shape index (κ2) is 8.95. The molecule has 5 heteroatoms. The number of pyridine rings is 1. The Morgan fingerprint density at radius 1 is 1.11 bits per heavy atom. The van der Waals surface area contributed by atoms with Gasteiger partial charge in [0.05, 0.1) is 17.8 Å². The number of benzene rings is 2. The van der Waals surface area contributed by atoms with Gasteiger partial charge in [-0.25, -0.2) is 4.79 Å². The fourth-order valence-corrected chi connectivity index (χ4v) is 3.09. The Hall–Kier alpha value is -3.47. The highest BCUT2D eigenvalue weighted by Gasteiger charge is 2.15. The maximum atomic E-state index is 13.0. The number of allylic oxidation sites excluding steroid dienone is 1. The molecule has 2 aromatic carbocycles. The van der Waals surface area contributed by atoms with Gasteiger partial charge in [-0.2, -0.15) is 0 Å². The van der Waals surface area contributed by atoms with Gasteiger partial charge in [0.15, 0.2) is 0 Å². The highest BCUT2D eigenvalue weighted by molar-refractivity contribution is 6.09. The Balaban J connectivity index is 1.86. The summed E-state index contributed by atoms with van der Waals surface area (Å²) in [7, 11) is 0. The van der Waals surface area contributed by atoms with E-state index in [-0.39, 0.29) is 11.9 Å². The summed E-state index contributed by atoms with van der Waals surface area (Å²) in [6.07, 6.45) is 5.26. The van der Waals surface area contributed by atoms with Gasteiger partial charge < -0.3 is 10.1 Å². The summed E-state index contributed by atoms with van der Waals surface area (Å²) in [5, 5.41) is 3.95. The number of aryl methyl sites for hydroxylation is 1. The van der Waals surface area contributed by atoms with Crippen LogP contribution >= 0.6 is 0 Å². The van der Waals surface area contributed by atoms with Crippen molar-refractivity contribution in [3.8, 4) is 0 Å². The minimum absolute atomic E-state index is 0.198. The number of fused-ring (bicyclic) bond motifs is 1. The molecule has 1 N–H and O–H groups in total. The van der Waals surface area contributed by atoms with Crippen molar-refractivity contribution >= 4 is 28.5 Å². The van der Waals surface area contributed by atoms with E-state index in [0.29, 0.717) is 24.3 Å². The molecule has 0 fully saturated rings. The number of esters is 1. The molecule has 0 aliphatic heterocycles. The molecule has 0 saturated heterocycles. The molecule has 1 heterocycles. The average molecular weight is 374 g/mol. The predicted molar refractivity (Wildman–Crippen MR) is 110 cm³/mol. The third-order valence-electron chi connectivity index (χ3n) is 4.35. The summed E-state index contributed by atoms with van der Waals surface area (Å²) < 4.78 is 4.89. The van der Waals surface area contributed by atoms with E-state index in [1.807, 2.05) is 55.5 Å². The molecule has 28 heavy (non-hydrogen) atoms. The SMILES string of the molecule is CCOC(=O)/C=C/Cc1cccc(C)c1C(=O)Nc1cccc2cccnc12. The molecule has 0 radical (unpaired) electrons. The molecule has 0 bridgehead atoms. The largest absolute Gasteiger partial charge is 0.463 e. The van der Waals surface area contributed by atoms with Crippen LogP contribution in [0.25, 0.3) is 10.9 Å². The summed E-state index contributed by atoms with van der Waals surface area (Å²) in [6.45, 7) is 3.99. The lowest BCUT2D eigenvalue weighted by molar-refractivity contribution is -0.137. The number of carbonyl (C=O) groups excluding carboxylic acids is 2. The maximum Gasteiger partial charge on any atom is 0.330 e. The Morgan fingerprint density at radius 2 is 1.89 bits per heavy atom. The van der Waals surface area contributed by atoms with E-state index in [4.69, 9.17) is 4.74 Å². The monoisotopic (exact) mass is 374 g/mol. The van der Waals surface area contributed by atoms with Crippen LogP contribution in [0.3, 0.4) is 0 Å². The molecule has 3 aromatic rings. The van der Waals surface area contributed by atoms with Gasteiger partial charge in [0, 0.05) is 23.2 Å². The predicted octanol–water partition coefficient (Wildman–Crippen LogP) is 4.46. The van der Waals surface area contributed by atoms with E-state index >= 15 is 0 Å². The van der Waals surface area contributed by atoms with Crippen LogP contribution in [0.5, 0.6) is 0 Å². The summed E-state index contributed by atoms with van der Waals surface area (Å²) >= 11 is 0. The summed E-state index contributed by atoms with van der Waals surface area (Å²) in [6, 6.07) is 15.2. The van der Waals surface area contributed by atoms with Gasteiger partial charge in [0.25, 0.3) is 5.91 Å². The van der Waals surface area contributed by atoms with Crippen LogP contribution in [0.4, 0.5) is 5.69 Å². The number of para-hydroxylation sites is 1. The smallest absolute Gasteiger partial charge is 0.330 e. The van der Waals surface area contributed by atoms with E-state index in [1.165, 1.54) is 6.08 Å². The highest BCUT2D eigenvalue weighted by atomic mass is 16.5. The summed E-state index contributed by atoms with van der Waals surface area (Å²) in [4.78, 5) is 28.9. The van der Waals surface area contributed by atoms with Gasteiger partial charge in [-0.15, -0.1) is 0 Å². The number of rotatable bonds is 6. The van der Waals surface area contributed by atoms with E-state index in [2.05, 4.69) is 10.3 Å². The van der Waals surface area contributed by atoms with Crippen molar-refractivity contribution < 1.29 is 14.3 Å².